The molecule has 2 N–H and O–H groups in total. The predicted octanol–water partition coefficient (Wildman–Crippen LogP) is 3.75. The maximum Gasteiger partial charge on any atom is 0.142 e. The van der Waals surface area contributed by atoms with Gasteiger partial charge in [0.25, 0.3) is 0 Å². The summed E-state index contributed by atoms with van der Waals surface area (Å²) in [7, 11) is 1.66. The van der Waals surface area contributed by atoms with Gasteiger partial charge in [-0.2, -0.15) is 0 Å². The van der Waals surface area contributed by atoms with Crippen LogP contribution in [0.4, 0.5) is 17.3 Å². The topological polar surface area (TPSA) is 59.1 Å². The first kappa shape index (κ1) is 15.1. The highest BCUT2D eigenvalue weighted by atomic mass is 16.5. The molecule has 5 heteroatoms. The first-order valence-corrected chi connectivity index (χ1v) is 7.20. The Bertz CT molecular complexity index is 586. The van der Waals surface area contributed by atoms with Crippen LogP contribution in [0.1, 0.15) is 25.3 Å². The number of unbranched alkanes of at least 4 members (excludes halogenated alkanes) is 1. The molecule has 0 saturated heterocycles. The predicted molar refractivity (Wildman–Crippen MR) is 86.4 cm³/mol. The average Bonchev–Trinajstić information content (AvgIpc) is 2.48. The fraction of sp³-hybridized carbons (Fsp3) is 0.375. The monoisotopic (exact) mass is 286 g/mol. The van der Waals surface area contributed by atoms with Crippen molar-refractivity contribution in [3.05, 3.63) is 36.2 Å². The normalized spacial score (nSPS) is 10.2. The number of nitrogens with one attached hydrogen (secondary N) is 2. The van der Waals surface area contributed by atoms with E-state index in [1.165, 1.54) is 0 Å². The van der Waals surface area contributed by atoms with E-state index < -0.39 is 0 Å². The van der Waals surface area contributed by atoms with Gasteiger partial charge in [0.15, 0.2) is 0 Å². The molecule has 2 aromatic rings. The zero-order valence-electron chi connectivity index (χ0n) is 12.8. The molecule has 0 unspecified atom stereocenters. The summed E-state index contributed by atoms with van der Waals surface area (Å²) in [4.78, 5) is 8.47. The van der Waals surface area contributed by atoms with Crippen LogP contribution in [0.5, 0.6) is 5.75 Å². The molecule has 21 heavy (non-hydrogen) atoms. The van der Waals surface area contributed by atoms with Crippen LogP contribution in [-0.2, 0) is 0 Å². The highest BCUT2D eigenvalue weighted by Crippen LogP contribution is 2.28. The van der Waals surface area contributed by atoms with Crippen molar-refractivity contribution in [1.29, 1.82) is 0 Å². The van der Waals surface area contributed by atoms with E-state index in [9.17, 15) is 0 Å². The molecule has 0 amide bonds. The molecule has 0 spiro atoms. The highest BCUT2D eigenvalue weighted by molar-refractivity contribution is 5.66. The molecule has 0 aliphatic rings. The summed E-state index contributed by atoms with van der Waals surface area (Å²) in [5.74, 6) is 2.36. The van der Waals surface area contributed by atoms with Crippen LogP contribution in [-0.4, -0.2) is 23.6 Å². The lowest BCUT2D eigenvalue weighted by atomic mass is 10.2. The summed E-state index contributed by atoms with van der Waals surface area (Å²) in [6.07, 6.45) is 3.83. The summed E-state index contributed by atoms with van der Waals surface area (Å²) in [6, 6.07) is 7.89. The van der Waals surface area contributed by atoms with Crippen LogP contribution in [0.3, 0.4) is 0 Å². The van der Waals surface area contributed by atoms with Crippen molar-refractivity contribution in [2.75, 3.05) is 24.3 Å². The van der Waals surface area contributed by atoms with Crippen molar-refractivity contribution in [3.63, 3.8) is 0 Å². The second-order valence-corrected chi connectivity index (χ2v) is 4.90. The summed E-state index contributed by atoms with van der Waals surface area (Å²) in [5, 5.41) is 6.57. The third kappa shape index (κ3) is 4.34. The Morgan fingerprint density at radius 1 is 1.14 bits per heavy atom. The molecule has 112 valence electrons. The third-order valence-corrected chi connectivity index (χ3v) is 3.12. The van der Waals surface area contributed by atoms with Gasteiger partial charge in [0.2, 0.25) is 0 Å². The number of nitrogens with zero attached hydrogens (tertiary/aromatic N) is 2. The van der Waals surface area contributed by atoms with Crippen LogP contribution in [0.2, 0.25) is 0 Å². The first-order chi connectivity index (χ1) is 10.2. The standard InChI is InChI=1S/C16H22N4O/c1-4-5-8-17-15-10-16(19-11-18-15)20-13-9-12(2)6-7-14(13)21-3/h6-7,9-11H,4-5,8H2,1-3H3,(H2,17,18,19,20). The molecule has 0 aliphatic carbocycles. The summed E-state index contributed by atoms with van der Waals surface area (Å²) in [5.41, 5.74) is 2.06. The van der Waals surface area contributed by atoms with Crippen molar-refractivity contribution < 1.29 is 4.74 Å². The Balaban J connectivity index is 2.12. The quantitative estimate of drug-likeness (QED) is 0.759. The third-order valence-electron chi connectivity index (χ3n) is 3.12. The molecule has 0 radical (unpaired) electrons. The largest absolute Gasteiger partial charge is 0.495 e. The number of ether oxygens (including phenoxy) is 1. The minimum atomic E-state index is 0.743. The highest BCUT2D eigenvalue weighted by Gasteiger charge is 2.05. The van der Waals surface area contributed by atoms with Gasteiger partial charge in [-0.3, -0.25) is 0 Å². The number of rotatable bonds is 7. The average molecular weight is 286 g/mol. The first-order valence-electron chi connectivity index (χ1n) is 7.20. The lowest BCUT2D eigenvalue weighted by molar-refractivity contribution is 0.416. The molecular weight excluding hydrogens is 264 g/mol. The Hall–Kier alpha value is -2.30. The lowest BCUT2D eigenvalue weighted by Crippen LogP contribution is -2.04. The Kier molecular flexibility index (Phi) is 5.37. The molecule has 5 nitrogen and oxygen atoms in total. The maximum atomic E-state index is 5.36. The Labute approximate surface area is 125 Å². The minimum absolute atomic E-state index is 0.743. The van der Waals surface area contributed by atoms with Gasteiger partial charge in [0.05, 0.1) is 12.8 Å². The number of aryl methyl sites for hydroxylation is 1. The molecule has 0 bridgehead atoms. The second kappa shape index (κ2) is 7.47. The van der Waals surface area contributed by atoms with E-state index in [0.717, 1.165) is 48.0 Å². The van der Waals surface area contributed by atoms with E-state index in [2.05, 4.69) is 27.5 Å². The van der Waals surface area contributed by atoms with E-state index in [1.807, 2.05) is 31.2 Å². The molecule has 0 fully saturated rings. The maximum absolute atomic E-state index is 5.36. The zero-order chi connectivity index (χ0) is 15.1. The van der Waals surface area contributed by atoms with Crippen LogP contribution in [0, 0.1) is 6.92 Å². The van der Waals surface area contributed by atoms with Gasteiger partial charge in [-0.05, 0) is 31.0 Å². The SMILES string of the molecule is CCCCNc1cc(Nc2cc(C)ccc2OC)ncn1. The summed E-state index contributed by atoms with van der Waals surface area (Å²) >= 11 is 0. The van der Waals surface area contributed by atoms with Crippen molar-refractivity contribution in [2.45, 2.75) is 26.7 Å². The summed E-state index contributed by atoms with van der Waals surface area (Å²) in [6.45, 7) is 5.13. The van der Waals surface area contributed by atoms with Crippen LogP contribution >= 0.6 is 0 Å². The number of anilines is 3. The second-order valence-electron chi connectivity index (χ2n) is 4.90. The fourth-order valence-electron chi connectivity index (χ4n) is 1.97. The molecule has 1 heterocycles. The molecule has 0 aliphatic heterocycles. The van der Waals surface area contributed by atoms with Crippen LogP contribution < -0.4 is 15.4 Å². The molecule has 1 aromatic heterocycles. The van der Waals surface area contributed by atoms with Crippen LogP contribution in [0.15, 0.2) is 30.6 Å². The number of methoxy groups -OCH3 is 1. The molecule has 1 aromatic carbocycles. The van der Waals surface area contributed by atoms with E-state index in [0.29, 0.717) is 0 Å². The van der Waals surface area contributed by atoms with Gasteiger partial charge in [0, 0.05) is 12.6 Å². The van der Waals surface area contributed by atoms with Gasteiger partial charge in [0.1, 0.15) is 23.7 Å². The van der Waals surface area contributed by atoms with Crippen LogP contribution in [0.25, 0.3) is 0 Å². The lowest BCUT2D eigenvalue weighted by Gasteiger charge is -2.12. The van der Waals surface area contributed by atoms with Crippen molar-refractivity contribution >= 4 is 17.3 Å². The van der Waals surface area contributed by atoms with E-state index in [-0.39, 0.29) is 0 Å². The van der Waals surface area contributed by atoms with Crippen molar-refractivity contribution in [3.8, 4) is 5.75 Å². The van der Waals surface area contributed by atoms with E-state index in [4.69, 9.17) is 4.74 Å². The number of aromatic nitrogens is 2. The van der Waals surface area contributed by atoms with E-state index >= 15 is 0 Å². The number of benzene rings is 1. The van der Waals surface area contributed by atoms with Gasteiger partial charge in [-0.15, -0.1) is 0 Å². The smallest absolute Gasteiger partial charge is 0.142 e. The van der Waals surface area contributed by atoms with Crippen molar-refractivity contribution in [1.82, 2.24) is 9.97 Å². The number of hydrogen-bond donors (Lipinski definition) is 2. The molecular formula is C16H22N4O. The Morgan fingerprint density at radius 3 is 2.71 bits per heavy atom. The minimum Gasteiger partial charge on any atom is -0.495 e. The van der Waals surface area contributed by atoms with Gasteiger partial charge >= 0.3 is 0 Å². The molecule has 0 saturated carbocycles. The molecule has 0 atom stereocenters. The van der Waals surface area contributed by atoms with Gasteiger partial charge < -0.3 is 15.4 Å². The van der Waals surface area contributed by atoms with Crippen molar-refractivity contribution in [2.24, 2.45) is 0 Å². The van der Waals surface area contributed by atoms with Gasteiger partial charge in [-0.1, -0.05) is 19.4 Å². The zero-order valence-corrected chi connectivity index (χ0v) is 12.8. The van der Waals surface area contributed by atoms with Gasteiger partial charge in [-0.25, -0.2) is 9.97 Å². The number of hydrogen-bond acceptors (Lipinski definition) is 5. The Morgan fingerprint density at radius 2 is 1.95 bits per heavy atom. The molecule has 2 rings (SSSR count). The fourth-order valence-corrected chi connectivity index (χ4v) is 1.97. The summed E-state index contributed by atoms with van der Waals surface area (Å²) < 4.78 is 5.36. The van der Waals surface area contributed by atoms with E-state index in [1.54, 1.807) is 13.4 Å².